The molecular formula is C29H36O10. The Morgan fingerprint density at radius 2 is 1.67 bits per heavy atom. The van der Waals surface area contributed by atoms with E-state index in [1.54, 1.807) is 52.0 Å². The van der Waals surface area contributed by atoms with Crippen LogP contribution in [-0.2, 0) is 54.0 Å². The van der Waals surface area contributed by atoms with Crippen molar-refractivity contribution < 1.29 is 47.5 Å². The molecule has 4 atom stereocenters. The third-order valence-electron chi connectivity index (χ3n) is 6.61. The van der Waals surface area contributed by atoms with Crippen LogP contribution in [0.4, 0.5) is 0 Å². The van der Waals surface area contributed by atoms with Gasteiger partial charge in [0, 0.05) is 19.3 Å². The van der Waals surface area contributed by atoms with Crippen LogP contribution in [0, 0.1) is 17.8 Å². The predicted molar refractivity (Wildman–Crippen MR) is 136 cm³/mol. The molecule has 0 radical (unpaired) electrons. The zero-order valence-corrected chi connectivity index (χ0v) is 23.0. The van der Waals surface area contributed by atoms with E-state index in [1.807, 2.05) is 6.07 Å². The van der Waals surface area contributed by atoms with Crippen molar-refractivity contribution in [2.75, 3.05) is 19.8 Å². The van der Waals surface area contributed by atoms with Gasteiger partial charge in [0.05, 0.1) is 19.8 Å². The second kappa shape index (κ2) is 11.6. The molecule has 1 aromatic rings. The molecule has 2 aliphatic heterocycles. The first-order valence-corrected chi connectivity index (χ1v) is 13.3. The number of hydrogen-bond acceptors (Lipinski definition) is 10. The summed E-state index contributed by atoms with van der Waals surface area (Å²) >= 11 is 0. The molecule has 1 aromatic carbocycles. The first-order valence-electron chi connectivity index (χ1n) is 13.3. The Kier molecular flexibility index (Phi) is 8.66. The molecule has 0 amide bonds. The summed E-state index contributed by atoms with van der Waals surface area (Å²) < 4.78 is 40.8. The summed E-state index contributed by atoms with van der Waals surface area (Å²) in [4.78, 5) is 39.1. The van der Waals surface area contributed by atoms with Gasteiger partial charge in [-0.3, -0.25) is 4.79 Å². The third kappa shape index (κ3) is 6.28. The summed E-state index contributed by atoms with van der Waals surface area (Å²) in [7, 11) is 0. The maximum absolute atomic E-state index is 13.4. The standard InChI is InChI=1S/C29H36O10/c1-6-33-25(31)29(26(32)34-7-2,17-21-11-9-8-10-12-21)35-18-22-28(37-19(3)30,16-15-20-13-14-20)23-24(36-22)39-27(4,5)38-23/h8-12,20,22-24H,6-7,13-14,17-18H2,1-5H3/t22-,23+,24-,28-/m1/s1. The molecule has 0 bridgehead atoms. The summed E-state index contributed by atoms with van der Waals surface area (Å²) in [6, 6.07) is 8.92. The van der Waals surface area contributed by atoms with Crippen molar-refractivity contribution in [2.24, 2.45) is 5.92 Å². The normalized spacial score (nSPS) is 27.2. The Balaban J connectivity index is 1.72. The molecule has 0 spiro atoms. The van der Waals surface area contributed by atoms with Crippen molar-refractivity contribution in [1.29, 1.82) is 0 Å². The monoisotopic (exact) mass is 544 g/mol. The smallest absolute Gasteiger partial charge is 0.350 e. The van der Waals surface area contributed by atoms with Crippen molar-refractivity contribution in [3.63, 3.8) is 0 Å². The van der Waals surface area contributed by atoms with Crippen LogP contribution in [0.1, 0.15) is 53.0 Å². The summed E-state index contributed by atoms with van der Waals surface area (Å²) in [5.41, 5.74) is -3.10. The van der Waals surface area contributed by atoms with Crippen LogP contribution < -0.4 is 0 Å². The molecule has 0 unspecified atom stereocenters. The van der Waals surface area contributed by atoms with E-state index in [2.05, 4.69) is 11.8 Å². The Hall–Kier alpha value is -2.97. The topological polar surface area (TPSA) is 116 Å². The number of carbonyl (C=O) groups excluding carboxylic acids is 3. The van der Waals surface area contributed by atoms with Crippen molar-refractivity contribution in [1.82, 2.24) is 0 Å². The Morgan fingerprint density at radius 3 is 2.23 bits per heavy atom. The van der Waals surface area contributed by atoms with Crippen LogP contribution in [0.5, 0.6) is 0 Å². The first kappa shape index (κ1) is 29.0. The lowest BCUT2D eigenvalue weighted by atomic mass is 9.91. The van der Waals surface area contributed by atoms with E-state index >= 15 is 0 Å². The van der Waals surface area contributed by atoms with Crippen LogP contribution >= 0.6 is 0 Å². The van der Waals surface area contributed by atoms with E-state index < -0.39 is 53.4 Å². The lowest BCUT2D eigenvalue weighted by Gasteiger charge is -2.35. The highest BCUT2D eigenvalue weighted by molar-refractivity contribution is 6.04. The maximum atomic E-state index is 13.4. The van der Waals surface area contributed by atoms with Gasteiger partial charge in [0.15, 0.2) is 18.2 Å². The fraction of sp³-hybridized carbons (Fsp3) is 0.621. The van der Waals surface area contributed by atoms with Crippen LogP contribution in [0.15, 0.2) is 30.3 Å². The number of ether oxygens (including phenoxy) is 7. The van der Waals surface area contributed by atoms with Crippen molar-refractivity contribution in [3.8, 4) is 11.8 Å². The molecule has 0 aromatic heterocycles. The molecule has 10 nitrogen and oxygen atoms in total. The van der Waals surface area contributed by atoms with Crippen molar-refractivity contribution >= 4 is 17.9 Å². The summed E-state index contributed by atoms with van der Waals surface area (Å²) in [5, 5.41) is 0. The van der Waals surface area contributed by atoms with Crippen LogP contribution in [0.25, 0.3) is 0 Å². The second-order valence-corrected chi connectivity index (χ2v) is 10.2. The molecular weight excluding hydrogens is 508 g/mol. The average molecular weight is 545 g/mol. The molecule has 4 rings (SSSR count). The molecule has 10 heteroatoms. The fourth-order valence-corrected chi connectivity index (χ4v) is 4.70. The first-order chi connectivity index (χ1) is 18.5. The third-order valence-corrected chi connectivity index (χ3v) is 6.61. The highest BCUT2D eigenvalue weighted by Crippen LogP contribution is 2.46. The minimum atomic E-state index is -2.15. The molecule has 2 saturated heterocycles. The summed E-state index contributed by atoms with van der Waals surface area (Å²) in [6.45, 7) is 7.63. The number of rotatable bonds is 10. The van der Waals surface area contributed by atoms with Gasteiger partial charge < -0.3 is 33.2 Å². The zero-order valence-electron chi connectivity index (χ0n) is 23.0. The lowest BCUT2D eigenvalue weighted by Crippen LogP contribution is -2.57. The molecule has 1 aliphatic carbocycles. The van der Waals surface area contributed by atoms with Gasteiger partial charge in [-0.1, -0.05) is 36.3 Å². The SMILES string of the molecule is CCOC(=O)C(Cc1ccccc1)(OC[C@H]1O[C@@H]2OC(C)(C)O[C@@H]2[C@]1(C#CC1CC1)OC(C)=O)C(=O)OCC. The minimum Gasteiger partial charge on any atom is -0.463 e. The molecule has 212 valence electrons. The minimum absolute atomic E-state index is 0.0171. The molecule has 2 heterocycles. The van der Waals surface area contributed by atoms with Crippen molar-refractivity contribution in [2.45, 2.75) is 89.4 Å². The van der Waals surface area contributed by atoms with Crippen LogP contribution in [0.3, 0.4) is 0 Å². The average Bonchev–Trinajstić information content (AvgIpc) is 3.61. The largest absolute Gasteiger partial charge is 0.463 e. The van der Waals surface area contributed by atoms with Crippen LogP contribution in [-0.4, -0.2) is 73.2 Å². The van der Waals surface area contributed by atoms with Gasteiger partial charge in [-0.2, -0.15) is 0 Å². The Labute approximate surface area is 228 Å². The maximum Gasteiger partial charge on any atom is 0.350 e. The predicted octanol–water partition coefficient (Wildman–Crippen LogP) is 2.70. The molecule has 39 heavy (non-hydrogen) atoms. The van der Waals surface area contributed by atoms with E-state index in [0.717, 1.165) is 12.8 Å². The highest BCUT2D eigenvalue weighted by Gasteiger charge is 2.66. The van der Waals surface area contributed by atoms with Gasteiger partial charge in [0.1, 0.15) is 6.10 Å². The number of esters is 3. The van der Waals surface area contributed by atoms with Gasteiger partial charge >= 0.3 is 17.9 Å². The van der Waals surface area contributed by atoms with E-state index in [0.29, 0.717) is 5.56 Å². The highest BCUT2D eigenvalue weighted by atomic mass is 16.8. The van der Waals surface area contributed by atoms with Gasteiger partial charge in [0.25, 0.3) is 5.60 Å². The molecule has 0 N–H and O–H groups in total. The summed E-state index contributed by atoms with van der Waals surface area (Å²) in [6.07, 6.45) is -1.14. The number of hydrogen-bond donors (Lipinski definition) is 0. The van der Waals surface area contributed by atoms with E-state index in [-0.39, 0.29) is 32.2 Å². The lowest BCUT2D eigenvalue weighted by molar-refractivity contribution is -0.239. The quantitative estimate of drug-likeness (QED) is 0.188. The van der Waals surface area contributed by atoms with Crippen LogP contribution in [0.2, 0.25) is 0 Å². The Bertz CT molecular complexity index is 1100. The molecule has 3 aliphatic rings. The second-order valence-electron chi connectivity index (χ2n) is 10.2. The van der Waals surface area contributed by atoms with Gasteiger partial charge in [-0.05, 0) is 52.0 Å². The molecule has 3 fully saturated rings. The van der Waals surface area contributed by atoms with E-state index in [9.17, 15) is 14.4 Å². The number of benzene rings is 1. The number of carbonyl (C=O) groups is 3. The van der Waals surface area contributed by atoms with Gasteiger partial charge in [0.2, 0.25) is 5.60 Å². The Morgan fingerprint density at radius 1 is 1.03 bits per heavy atom. The van der Waals surface area contributed by atoms with E-state index in [1.165, 1.54) is 6.92 Å². The van der Waals surface area contributed by atoms with E-state index in [4.69, 9.17) is 33.2 Å². The molecule has 1 saturated carbocycles. The van der Waals surface area contributed by atoms with Crippen molar-refractivity contribution in [3.05, 3.63) is 35.9 Å². The van der Waals surface area contributed by atoms with Gasteiger partial charge in [-0.25, -0.2) is 9.59 Å². The number of fused-ring (bicyclic) bond motifs is 1. The van der Waals surface area contributed by atoms with Gasteiger partial charge in [-0.15, -0.1) is 0 Å². The summed E-state index contributed by atoms with van der Waals surface area (Å²) in [5.74, 6) is 3.02. The fourth-order valence-electron chi connectivity index (χ4n) is 4.70. The zero-order chi connectivity index (χ0) is 28.3.